The van der Waals surface area contributed by atoms with E-state index in [0.717, 1.165) is 0 Å². The molecule has 0 spiro atoms. The van der Waals surface area contributed by atoms with Crippen molar-refractivity contribution in [3.63, 3.8) is 0 Å². The molecule has 0 aliphatic heterocycles. The van der Waals surface area contributed by atoms with Crippen LogP contribution in [0, 0.1) is 6.92 Å². The zero-order chi connectivity index (χ0) is 14.0. The van der Waals surface area contributed by atoms with Gasteiger partial charge in [-0.2, -0.15) is 8.42 Å². The lowest BCUT2D eigenvalue weighted by atomic mass is 10.2. The molecule has 0 radical (unpaired) electrons. The number of carbonyl (C=O) groups is 1. The highest BCUT2D eigenvalue weighted by Crippen LogP contribution is 2.16. The predicted molar refractivity (Wildman–Crippen MR) is 67.5 cm³/mol. The normalized spacial score (nSPS) is 11.2. The van der Waals surface area contributed by atoms with E-state index < -0.39 is 16.0 Å². The number of nitrogens with one attached hydrogen (secondary N) is 2. The van der Waals surface area contributed by atoms with E-state index in [1.807, 2.05) is 0 Å². The van der Waals surface area contributed by atoms with Crippen LogP contribution in [0.4, 0.5) is 5.69 Å². The molecule has 0 fully saturated rings. The molecule has 0 bridgehead atoms. The van der Waals surface area contributed by atoms with Gasteiger partial charge in [-0.15, -0.1) is 0 Å². The number of aryl methyl sites for hydroxylation is 1. The highest BCUT2D eigenvalue weighted by Gasteiger charge is 2.17. The number of H-pyrrole nitrogens is 1. The van der Waals surface area contributed by atoms with E-state index in [1.54, 1.807) is 6.92 Å². The zero-order valence-electron chi connectivity index (χ0n) is 9.91. The molecule has 3 N–H and O–H groups in total. The standard InChI is InChI=1S/C11H11N3O4S/c1-7-12-6-10(13-7)19(17,18)14-9-4-2-3-8(5-9)11(15)16/h2-6,14H,1H3,(H,12,13)(H,15,16). The third-order valence-electron chi connectivity index (χ3n) is 2.33. The Bertz CT molecular complexity index is 721. The van der Waals surface area contributed by atoms with Gasteiger partial charge in [0.05, 0.1) is 11.8 Å². The molecule has 0 aliphatic carbocycles. The number of aromatic nitrogens is 2. The smallest absolute Gasteiger partial charge is 0.335 e. The number of carboxylic acid groups (broad SMARTS) is 1. The number of sulfonamides is 1. The quantitative estimate of drug-likeness (QED) is 0.780. The summed E-state index contributed by atoms with van der Waals surface area (Å²) >= 11 is 0. The summed E-state index contributed by atoms with van der Waals surface area (Å²) in [5.41, 5.74) is 0.174. The summed E-state index contributed by atoms with van der Waals surface area (Å²) in [5.74, 6) is -0.655. The van der Waals surface area contributed by atoms with E-state index in [-0.39, 0.29) is 16.3 Å². The molecule has 1 heterocycles. The Labute approximate surface area is 109 Å². The number of anilines is 1. The number of imidazole rings is 1. The average Bonchev–Trinajstić information content (AvgIpc) is 2.76. The van der Waals surface area contributed by atoms with Crippen molar-refractivity contribution in [3.8, 4) is 0 Å². The third kappa shape index (κ3) is 2.91. The monoisotopic (exact) mass is 281 g/mol. The molecule has 0 aliphatic rings. The molecule has 0 saturated carbocycles. The molecule has 1 aromatic heterocycles. The first-order chi connectivity index (χ1) is 8.88. The van der Waals surface area contributed by atoms with Crippen LogP contribution in [-0.2, 0) is 10.0 Å². The molecular formula is C11H11N3O4S. The Morgan fingerprint density at radius 1 is 1.42 bits per heavy atom. The molecule has 7 nitrogen and oxygen atoms in total. The molecule has 0 unspecified atom stereocenters. The van der Waals surface area contributed by atoms with Gasteiger partial charge in [0.15, 0.2) is 5.03 Å². The lowest BCUT2D eigenvalue weighted by molar-refractivity contribution is 0.0697. The van der Waals surface area contributed by atoms with Crippen molar-refractivity contribution in [1.29, 1.82) is 0 Å². The summed E-state index contributed by atoms with van der Waals surface area (Å²) < 4.78 is 26.2. The average molecular weight is 281 g/mol. The minimum atomic E-state index is -3.80. The lowest BCUT2D eigenvalue weighted by Gasteiger charge is -2.06. The van der Waals surface area contributed by atoms with Crippen molar-refractivity contribution in [3.05, 3.63) is 41.9 Å². The van der Waals surface area contributed by atoms with Gasteiger partial charge in [0.1, 0.15) is 5.82 Å². The first-order valence-corrected chi connectivity index (χ1v) is 6.74. The van der Waals surface area contributed by atoms with Crippen LogP contribution in [0.3, 0.4) is 0 Å². The predicted octanol–water partition coefficient (Wildman–Crippen LogP) is 1.22. The van der Waals surface area contributed by atoms with E-state index in [9.17, 15) is 13.2 Å². The summed E-state index contributed by atoms with van der Waals surface area (Å²) in [6.07, 6.45) is 1.19. The second-order valence-electron chi connectivity index (χ2n) is 3.82. The highest BCUT2D eigenvalue weighted by molar-refractivity contribution is 7.92. The van der Waals surface area contributed by atoms with Crippen LogP contribution in [0.1, 0.15) is 16.2 Å². The van der Waals surface area contributed by atoms with Crippen molar-refractivity contribution < 1.29 is 18.3 Å². The van der Waals surface area contributed by atoms with Crippen molar-refractivity contribution >= 4 is 21.7 Å². The van der Waals surface area contributed by atoms with Crippen LogP contribution in [-0.4, -0.2) is 29.5 Å². The van der Waals surface area contributed by atoms with E-state index in [0.29, 0.717) is 5.82 Å². The van der Waals surface area contributed by atoms with Crippen molar-refractivity contribution in [2.75, 3.05) is 4.72 Å². The van der Waals surface area contributed by atoms with Gasteiger partial charge in [-0.25, -0.2) is 9.78 Å². The fourth-order valence-electron chi connectivity index (χ4n) is 1.46. The number of benzene rings is 1. The van der Waals surface area contributed by atoms with E-state index >= 15 is 0 Å². The lowest BCUT2D eigenvalue weighted by Crippen LogP contribution is -2.13. The summed E-state index contributed by atoms with van der Waals surface area (Å²) in [7, 11) is -3.80. The van der Waals surface area contributed by atoms with Gasteiger partial charge in [-0.1, -0.05) is 6.07 Å². The largest absolute Gasteiger partial charge is 0.478 e. The molecule has 100 valence electrons. The minimum Gasteiger partial charge on any atom is -0.478 e. The van der Waals surface area contributed by atoms with Crippen LogP contribution in [0.25, 0.3) is 0 Å². The van der Waals surface area contributed by atoms with Gasteiger partial charge in [0.2, 0.25) is 0 Å². The molecule has 2 aromatic rings. The zero-order valence-corrected chi connectivity index (χ0v) is 10.7. The number of hydrogen-bond acceptors (Lipinski definition) is 4. The summed E-state index contributed by atoms with van der Waals surface area (Å²) in [5, 5.41) is 8.76. The Morgan fingerprint density at radius 2 is 2.16 bits per heavy atom. The summed E-state index contributed by atoms with van der Waals surface area (Å²) in [6, 6.07) is 5.54. The van der Waals surface area contributed by atoms with Crippen LogP contribution in [0.15, 0.2) is 35.5 Å². The fourth-order valence-corrected chi connectivity index (χ4v) is 2.48. The molecule has 19 heavy (non-hydrogen) atoms. The number of nitrogens with zero attached hydrogens (tertiary/aromatic N) is 1. The molecular weight excluding hydrogens is 270 g/mol. The fraction of sp³-hybridized carbons (Fsp3) is 0.0909. The van der Waals surface area contributed by atoms with Crippen molar-refractivity contribution in [1.82, 2.24) is 9.97 Å². The second kappa shape index (κ2) is 4.73. The number of aromatic carboxylic acids is 1. The van der Waals surface area contributed by atoms with E-state index in [4.69, 9.17) is 5.11 Å². The van der Waals surface area contributed by atoms with E-state index in [1.165, 1.54) is 30.5 Å². The van der Waals surface area contributed by atoms with Gasteiger partial charge in [0.25, 0.3) is 10.0 Å². The van der Waals surface area contributed by atoms with Crippen molar-refractivity contribution in [2.45, 2.75) is 11.9 Å². The number of rotatable bonds is 4. The van der Waals surface area contributed by atoms with E-state index in [2.05, 4.69) is 14.7 Å². The molecule has 0 saturated heterocycles. The summed E-state index contributed by atoms with van der Waals surface area (Å²) in [6.45, 7) is 1.63. The minimum absolute atomic E-state index is 0.000918. The summed E-state index contributed by atoms with van der Waals surface area (Å²) in [4.78, 5) is 17.2. The maximum Gasteiger partial charge on any atom is 0.335 e. The number of aromatic amines is 1. The SMILES string of the molecule is Cc1ncc(S(=O)(=O)Nc2cccc(C(=O)O)c2)[nH]1. The Hall–Kier alpha value is -2.35. The second-order valence-corrected chi connectivity index (χ2v) is 5.48. The Kier molecular flexibility index (Phi) is 3.26. The highest BCUT2D eigenvalue weighted by atomic mass is 32.2. The van der Waals surface area contributed by atoms with Crippen molar-refractivity contribution in [2.24, 2.45) is 0 Å². The van der Waals surface area contributed by atoms with Gasteiger partial charge in [-0.3, -0.25) is 4.72 Å². The van der Waals surface area contributed by atoms with Gasteiger partial charge in [-0.05, 0) is 25.1 Å². The maximum absolute atomic E-state index is 12.0. The van der Waals surface area contributed by atoms with Gasteiger partial charge >= 0.3 is 5.97 Å². The number of hydrogen-bond donors (Lipinski definition) is 3. The van der Waals surface area contributed by atoms with Gasteiger partial charge in [0, 0.05) is 5.69 Å². The molecule has 0 atom stereocenters. The number of carboxylic acids is 1. The van der Waals surface area contributed by atoms with Gasteiger partial charge < -0.3 is 10.1 Å². The molecule has 8 heteroatoms. The van der Waals surface area contributed by atoms with Crippen LogP contribution < -0.4 is 4.72 Å². The third-order valence-corrected chi connectivity index (χ3v) is 3.62. The molecule has 1 aromatic carbocycles. The first-order valence-electron chi connectivity index (χ1n) is 5.26. The Morgan fingerprint density at radius 3 is 2.74 bits per heavy atom. The van der Waals surface area contributed by atoms with Crippen LogP contribution >= 0.6 is 0 Å². The molecule has 0 amide bonds. The molecule has 2 rings (SSSR count). The maximum atomic E-state index is 12.0. The topological polar surface area (TPSA) is 112 Å². The first kappa shape index (κ1) is 13.1. The Balaban J connectivity index is 2.30. The van der Waals surface area contributed by atoms with Crippen LogP contribution in [0.2, 0.25) is 0 Å². The van der Waals surface area contributed by atoms with Crippen LogP contribution in [0.5, 0.6) is 0 Å².